The summed E-state index contributed by atoms with van der Waals surface area (Å²) in [4.78, 5) is 11.7. The topological polar surface area (TPSA) is 113 Å². The molecule has 0 bridgehead atoms. The molecule has 0 saturated heterocycles. The van der Waals surface area contributed by atoms with Crippen LogP contribution in [0.1, 0.15) is 32.6 Å². The maximum Gasteiger partial charge on any atom is 0.273 e. The molecular weight excluding hydrogens is 461 g/mol. The molecule has 1 amide bonds. The summed E-state index contributed by atoms with van der Waals surface area (Å²) in [5.74, 6) is -0.556. The predicted octanol–water partition coefficient (Wildman–Crippen LogP) is 1.84. The van der Waals surface area contributed by atoms with Crippen molar-refractivity contribution < 1.29 is 28.3 Å². The second-order valence-corrected chi connectivity index (χ2v) is 9.76. The summed E-state index contributed by atoms with van der Waals surface area (Å²) in [6.45, 7) is 2.60. The van der Waals surface area contributed by atoms with Crippen molar-refractivity contribution >= 4 is 38.3 Å². The van der Waals surface area contributed by atoms with Crippen LogP contribution < -0.4 is 10.2 Å². The number of aliphatic hydroxyl groups excluding tert-OH is 1. The van der Waals surface area contributed by atoms with Gasteiger partial charge in [0.1, 0.15) is 10.5 Å². The molecular formula is C16H22INO6S. The molecule has 1 saturated carbocycles. The average Bonchev–Trinajstić information content (AvgIpc) is 2.60. The fourth-order valence-electron chi connectivity index (χ4n) is 2.85. The van der Waals surface area contributed by atoms with Crippen LogP contribution in [0.2, 0.25) is 0 Å². The lowest BCUT2D eigenvalue weighted by Crippen LogP contribution is -2.65. The highest BCUT2D eigenvalue weighted by molar-refractivity contribution is 14.1. The van der Waals surface area contributed by atoms with E-state index in [1.807, 2.05) is 29.5 Å². The molecule has 3 unspecified atom stereocenters. The van der Waals surface area contributed by atoms with Gasteiger partial charge < -0.3 is 9.84 Å². The Bertz CT molecular complexity index is 708. The van der Waals surface area contributed by atoms with Gasteiger partial charge in [-0.25, -0.2) is 13.9 Å². The first kappa shape index (κ1) is 20.4. The Morgan fingerprint density at radius 1 is 1.44 bits per heavy atom. The molecule has 2 rings (SSSR count). The molecule has 0 spiro atoms. The summed E-state index contributed by atoms with van der Waals surface area (Å²) in [6, 6.07) is 5.97. The number of nitrogens with one attached hydrogen (secondary N) is 1. The van der Waals surface area contributed by atoms with E-state index in [1.54, 1.807) is 12.1 Å². The van der Waals surface area contributed by atoms with Gasteiger partial charge in [0, 0.05) is 3.92 Å². The number of halogens is 1. The van der Waals surface area contributed by atoms with E-state index < -0.39 is 30.5 Å². The normalized spacial score (nSPS) is 24.2. The van der Waals surface area contributed by atoms with Crippen molar-refractivity contribution in [2.45, 2.75) is 52.3 Å². The summed E-state index contributed by atoms with van der Waals surface area (Å²) in [6.07, 6.45) is 0.762. The number of hydrogen-bond acceptors (Lipinski definition) is 6. The largest absolute Gasteiger partial charge is 0.494 e. The van der Waals surface area contributed by atoms with Gasteiger partial charge in [-0.1, -0.05) is 35.9 Å². The van der Waals surface area contributed by atoms with Crippen molar-refractivity contribution in [1.29, 1.82) is 0 Å². The molecule has 3 atom stereocenters. The van der Waals surface area contributed by atoms with Gasteiger partial charge in [-0.05, 0) is 43.5 Å². The highest BCUT2D eigenvalue weighted by Crippen LogP contribution is 2.49. The van der Waals surface area contributed by atoms with E-state index in [0.717, 1.165) is 12.8 Å². The zero-order valence-electron chi connectivity index (χ0n) is 13.8. The Labute approximate surface area is 160 Å². The average molecular weight is 483 g/mol. The number of rotatable bonds is 8. The molecule has 140 valence electrons. The molecule has 0 radical (unpaired) electrons. The molecule has 1 aromatic carbocycles. The number of unbranched alkanes of at least 4 members (excludes halogenated alkanes) is 1. The first-order valence-electron chi connectivity index (χ1n) is 8.04. The molecule has 9 heteroatoms. The van der Waals surface area contributed by atoms with Crippen LogP contribution in [-0.4, -0.2) is 46.0 Å². The fraction of sp³-hybridized carbons (Fsp3) is 0.562. The number of ether oxygens (including phenoxy) is 1. The lowest BCUT2D eigenvalue weighted by Gasteiger charge is -2.47. The standard InChI is InChI=1S/C16H22INO6S/c1-2-3-10-24-11-4-6-12(7-5-11)25(22,23)16(9-8-13(16)17)14(19)15(20)18-21/h4-7,13-14,19,21H,2-3,8-10H2,1H3,(H,18,20). The van der Waals surface area contributed by atoms with Gasteiger partial charge >= 0.3 is 0 Å². The van der Waals surface area contributed by atoms with Crippen molar-refractivity contribution in [3.63, 3.8) is 0 Å². The van der Waals surface area contributed by atoms with Crippen LogP contribution in [0, 0.1) is 0 Å². The van der Waals surface area contributed by atoms with Gasteiger partial charge in [-0.2, -0.15) is 0 Å². The lowest BCUT2D eigenvalue weighted by atomic mass is 9.79. The fourth-order valence-corrected chi connectivity index (χ4v) is 6.99. The van der Waals surface area contributed by atoms with Gasteiger partial charge in [0.25, 0.3) is 5.91 Å². The molecule has 7 nitrogen and oxygen atoms in total. The highest BCUT2D eigenvalue weighted by atomic mass is 127. The van der Waals surface area contributed by atoms with Gasteiger partial charge in [0.15, 0.2) is 15.9 Å². The molecule has 1 aliphatic carbocycles. The first-order chi connectivity index (χ1) is 11.8. The molecule has 0 aliphatic heterocycles. The summed E-state index contributed by atoms with van der Waals surface area (Å²) >= 11 is 1.93. The van der Waals surface area contributed by atoms with Gasteiger partial charge in [0.2, 0.25) is 0 Å². The van der Waals surface area contributed by atoms with Crippen molar-refractivity contribution in [2.75, 3.05) is 6.61 Å². The van der Waals surface area contributed by atoms with Crippen LogP contribution in [0.15, 0.2) is 29.2 Å². The maximum atomic E-state index is 13.1. The minimum Gasteiger partial charge on any atom is -0.494 e. The number of hydrogen-bond donors (Lipinski definition) is 3. The van der Waals surface area contributed by atoms with Crippen LogP contribution in [0.25, 0.3) is 0 Å². The number of carbonyl (C=O) groups is 1. The second kappa shape index (κ2) is 8.19. The lowest BCUT2D eigenvalue weighted by molar-refractivity contribution is -0.140. The number of sulfone groups is 1. The second-order valence-electron chi connectivity index (χ2n) is 6.02. The van der Waals surface area contributed by atoms with Crippen molar-refractivity contribution in [2.24, 2.45) is 0 Å². The Hall–Kier alpha value is -0.910. The minimum absolute atomic E-state index is 0.0153. The third-order valence-corrected chi connectivity index (χ3v) is 9.30. The van der Waals surface area contributed by atoms with E-state index in [0.29, 0.717) is 18.8 Å². The molecule has 1 aromatic rings. The van der Waals surface area contributed by atoms with Gasteiger partial charge in [0.05, 0.1) is 11.5 Å². The van der Waals surface area contributed by atoms with Crippen molar-refractivity contribution in [3.05, 3.63) is 24.3 Å². The SMILES string of the molecule is CCCCOc1ccc(S(=O)(=O)C2(C(O)C(=O)NO)CCC2I)cc1. The molecule has 0 heterocycles. The number of amides is 1. The Balaban J connectivity index is 2.30. The summed E-state index contributed by atoms with van der Waals surface area (Å²) in [7, 11) is -3.99. The van der Waals surface area contributed by atoms with Crippen LogP contribution in [-0.2, 0) is 14.6 Å². The Kier molecular flexibility index (Phi) is 6.68. The van der Waals surface area contributed by atoms with Crippen molar-refractivity contribution in [3.8, 4) is 5.75 Å². The van der Waals surface area contributed by atoms with E-state index in [4.69, 9.17) is 9.94 Å². The number of alkyl halides is 1. The summed E-state index contributed by atoms with van der Waals surface area (Å²) < 4.78 is 29.7. The number of benzene rings is 1. The predicted molar refractivity (Wildman–Crippen MR) is 99.7 cm³/mol. The van der Waals surface area contributed by atoms with Crippen LogP contribution in [0.3, 0.4) is 0 Å². The molecule has 1 fully saturated rings. The number of carbonyl (C=O) groups excluding carboxylic acids is 1. The van der Waals surface area contributed by atoms with Gasteiger partial charge in [-0.15, -0.1) is 0 Å². The number of hydroxylamine groups is 1. The third kappa shape index (κ3) is 3.64. The quantitative estimate of drug-likeness (QED) is 0.171. The smallest absolute Gasteiger partial charge is 0.273 e. The van der Waals surface area contributed by atoms with E-state index in [9.17, 15) is 18.3 Å². The third-order valence-electron chi connectivity index (χ3n) is 4.54. The van der Waals surface area contributed by atoms with E-state index in [2.05, 4.69) is 0 Å². The van der Waals surface area contributed by atoms with E-state index in [1.165, 1.54) is 17.6 Å². The summed E-state index contributed by atoms with van der Waals surface area (Å²) in [5, 5.41) is 19.0. The zero-order valence-corrected chi connectivity index (χ0v) is 16.8. The van der Waals surface area contributed by atoms with Crippen molar-refractivity contribution in [1.82, 2.24) is 5.48 Å². The number of aliphatic hydroxyl groups is 1. The molecule has 3 N–H and O–H groups in total. The van der Waals surface area contributed by atoms with Crippen LogP contribution in [0.5, 0.6) is 5.75 Å². The summed E-state index contributed by atoms with van der Waals surface area (Å²) in [5.41, 5.74) is 1.34. The zero-order chi connectivity index (χ0) is 18.7. The highest BCUT2D eigenvalue weighted by Gasteiger charge is 2.62. The maximum absolute atomic E-state index is 13.1. The molecule has 25 heavy (non-hydrogen) atoms. The Morgan fingerprint density at radius 3 is 2.52 bits per heavy atom. The van der Waals surface area contributed by atoms with Gasteiger partial charge in [-0.3, -0.25) is 10.0 Å². The van der Waals surface area contributed by atoms with Crippen LogP contribution in [0.4, 0.5) is 0 Å². The minimum atomic E-state index is -3.99. The first-order valence-corrected chi connectivity index (χ1v) is 10.8. The van der Waals surface area contributed by atoms with E-state index in [-0.39, 0.29) is 11.3 Å². The molecule has 0 aromatic heterocycles. The van der Waals surface area contributed by atoms with E-state index >= 15 is 0 Å². The molecule has 1 aliphatic rings. The van der Waals surface area contributed by atoms with Crippen LogP contribution >= 0.6 is 22.6 Å². The monoisotopic (exact) mass is 483 g/mol. The Morgan fingerprint density at radius 2 is 2.08 bits per heavy atom.